The third-order valence-corrected chi connectivity index (χ3v) is 6.51. The molecule has 0 amide bonds. The van der Waals surface area contributed by atoms with Crippen LogP contribution >= 0.6 is 0 Å². The third-order valence-electron chi connectivity index (χ3n) is 5.33. The largest absolute Gasteiger partial charge is 0.493 e. The fourth-order valence-corrected chi connectivity index (χ4v) is 4.72. The Bertz CT molecular complexity index is 1300. The smallest absolute Gasteiger partial charge is 0.363 e. The van der Waals surface area contributed by atoms with Crippen molar-refractivity contribution in [3.8, 4) is 11.4 Å². The van der Waals surface area contributed by atoms with E-state index in [1.807, 2.05) is 30.3 Å². The molecule has 0 saturated heterocycles. The predicted molar refractivity (Wildman–Crippen MR) is 122 cm³/mol. The topological polar surface area (TPSA) is 108 Å². The molecule has 0 unspecified atom stereocenters. The molecule has 0 atom stereocenters. The van der Waals surface area contributed by atoms with Crippen molar-refractivity contribution in [2.24, 2.45) is 0 Å². The van der Waals surface area contributed by atoms with E-state index in [0.717, 1.165) is 17.5 Å². The van der Waals surface area contributed by atoms with Gasteiger partial charge < -0.3 is 9.47 Å². The maximum absolute atomic E-state index is 12.7. The molecular weight excluding hydrogens is 446 g/mol. The van der Waals surface area contributed by atoms with Gasteiger partial charge in [-0.25, -0.2) is 17.9 Å². The molecule has 2 heterocycles. The summed E-state index contributed by atoms with van der Waals surface area (Å²) in [4.78, 5) is 25.2. The highest BCUT2D eigenvalue weighted by Crippen LogP contribution is 2.30. The normalized spacial score (nSPS) is 13.3. The molecule has 0 spiro atoms. The summed E-state index contributed by atoms with van der Waals surface area (Å²) in [6.45, 7) is -0.0665. The number of hydrogen-bond acceptors (Lipinski definition) is 7. The summed E-state index contributed by atoms with van der Waals surface area (Å²) < 4.78 is 37.3. The number of carbonyl (C=O) groups is 2. The molecule has 1 aliphatic rings. The summed E-state index contributed by atoms with van der Waals surface area (Å²) in [5, 5.41) is 4.23. The zero-order valence-corrected chi connectivity index (χ0v) is 19.0. The first-order valence-electron chi connectivity index (χ1n) is 10.3. The Morgan fingerprint density at radius 3 is 2.58 bits per heavy atom. The molecule has 0 N–H and O–H groups in total. The fraction of sp³-hybridized carbons (Fsp3) is 0.261. The number of nitrogens with zero attached hydrogens (tertiary/aromatic N) is 3. The molecule has 172 valence electrons. The number of hydrogen-bond donors (Lipinski definition) is 0. The van der Waals surface area contributed by atoms with Crippen LogP contribution in [0.15, 0.2) is 54.7 Å². The number of para-hydroxylation sites is 1. The van der Waals surface area contributed by atoms with Gasteiger partial charge in [-0.2, -0.15) is 5.10 Å². The Balaban J connectivity index is 1.47. The molecule has 10 heteroatoms. The number of anilines is 1. The minimum Gasteiger partial charge on any atom is -0.493 e. The summed E-state index contributed by atoms with van der Waals surface area (Å²) in [5.41, 5.74) is 2.39. The van der Waals surface area contributed by atoms with Gasteiger partial charge in [0.1, 0.15) is 0 Å². The zero-order chi connectivity index (χ0) is 23.6. The monoisotopic (exact) mass is 469 g/mol. The number of ether oxygens (including phenoxy) is 2. The van der Waals surface area contributed by atoms with Crippen molar-refractivity contribution in [1.82, 2.24) is 9.78 Å². The van der Waals surface area contributed by atoms with Gasteiger partial charge in [0.15, 0.2) is 18.1 Å². The van der Waals surface area contributed by atoms with Crippen molar-refractivity contribution in [3.63, 3.8) is 0 Å². The number of fused-ring (bicyclic) bond motifs is 1. The predicted octanol–water partition coefficient (Wildman–Crippen LogP) is 2.63. The fourth-order valence-electron chi connectivity index (χ4n) is 3.73. The second-order valence-electron chi connectivity index (χ2n) is 7.61. The number of aryl methyl sites for hydroxylation is 1. The minimum atomic E-state index is -3.39. The lowest BCUT2D eigenvalue weighted by Crippen LogP contribution is -2.34. The quantitative estimate of drug-likeness (QED) is 0.387. The number of benzene rings is 2. The minimum absolute atomic E-state index is 0.0385. The first-order chi connectivity index (χ1) is 15.8. The second kappa shape index (κ2) is 9.07. The highest BCUT2D eigenvalue weighted by atomic mass is 32.2. The van der Waals surface area contributed by atoms with Gasteiger partial charge in [-0.15, -0.1) is 0 Å². The molecule has 0 aliphatic carbocycles. The van der Waals surface area contributed by atoms with Gasteiger partial charge in [-0.05, 0) is 48.7 Å². The number of carbonyl (C=O) groups excluding carboxylic acids is 2. The molecule has 0 saturated carbocycles. The Labute approximate surface area is 191 Å². The molecule has 1 aliphatic heterocycles. The number of Topliss-reactive ketones (excluding diaryl/α,β-unsaturated/α-hetero) is 1. The lowest BCUT2D eigenvalue weighted by Gasteiger charge is -2.29. The lowest BCUT2D eigenvalue weighted by atomic mass is 9.99. The van der Waals surface area contributed by atoms with Crippen molar-refractivity contribution >= 4 is 27.5 Å². The zero-order valence-electron chi connectivity index (χ0n) is 18.2. The Hall–Kier alpha value is -3.66. The van der Waals surface area contributed by atoms with E-state index in [-0.39, 0.29) is 11.4 Å². The standard InChI is InChI=1S/C23H23N3O6S/c1-31-21-14-25(18-8-4-3-5-9-18)24-22(21)23(28)32-15-20(27)17-10-11-19-16(13-17)7-6-12-26(19)33(2,29)30/h3-5,8-11,13-14H,6-7,12,15H2,1-2H3. The molecule has 0 fully saturated rings. The molecular formula is C23H23N3O6S. The summed E-state index contributed by atoms with van der Waals surface area (Å²) in [6, 6.07) is 14.0. The van der Waals surface area contributed by atoms with E-state index in [1.165, 1.54) is 16.1 Å². The number of aromatic nitrogens is 2. The van der Waals surface area contributed by atoms with Crippen LogP contribution in [0, 0.1) is 0 Å². The van der Waals surface area contributed by atoms with Crippen molar-refractivity contribution in [2.45, 2.75) is 12.8 Å². The Morgan fingerprint density at radius 1 is 1.12 bits per heavy atom. The summed E-state index contributed by atoms with van der Waals surface area (Å²) in [5.74, 6) is -0.953. The average Bonchev–Trinajstić information content (AvgIpc) is 3.26. The Kier molecular flexibility index (Phi) is 6.19. The van der Waals surface area contributed by atoms with Crippen LogP contribution in [0.3, 0.4) is 0 Å². The number of esters is 1. The van der Waals surface area contributed by atoms with Crippen LogP contribution in [0.25, 0.3) is 5.69 Å². The van der Waals surface area contributed by atoms with Crippen LogP contribution in [-0.2, 0) is 21.2 Å². The van der Waals surface area contributed by atoms with E-state index in [1.54, 1.807) is 24.4 Å². The second-order valence-corrected chi connectivity index (χ2v) is 9.51. The molecule has 3 aromatic rings. The van der Waals surface area contributed by atoms with Gasteiger partial charge in [0.2, 0.25) is 15.7 Å². The van der Waals surface area contributed by atoms with Gasteiger partial charge in [0.25, 0.3) is 0 Å². The van der Waals surface area contributed by atoms with Crippen molar-refractivity contribution in [3.05, 3.63) is 71.5 Å². The summed E-state index contributed by atoms with van der Waals surface area (Å²) in [7, 11) is -1.97. The summed E-state index contributed by atoms with van der Waals surface area (Å²) in [6.07, 6.45) is 4.05. The highest BCUT2D eigenvalue weighted by molar-refractivity contribution is 7.92. The van der Waals surface area contributed by atoms with E-state index in [2.05, 4.69) is 5.10 Å². The number of ketones is 1. The van der Waals surface area contributed by atoms with E-state index >= 15 is 0 Å². The number of methoxy groups -OCH3 is 1. The van der Waals surface area contributed by atoms with Crippen molar-refractivity contribution in [1.29, 1.82) is 0 Å². The van der Waals surface area contributed by atoms with Gasteiger partial charge >= 0.3 is 5.97 Å². The van der Waals surface area contributed by atoms with Crippen molar-refractivity contribution < 1.29 is 27.5 Å². The van der Waals surface area contributed by atoms with Gasteiger partial charge in [0, 0.05) is 12.1 Å². The van der Waals surface area contributed by atoms with E-state index in [4.69, 9.17) is 9.47 Å². The van der Waals surface area contributed by atoms with Crippen LogP contribution in [0.5, 0.6) is 5.75 Å². The number of sulfonamides is 1. The third kappa shape index (κ3) is 4.75. The number of rotatable bonds is 7. The van der Waals surface area contributed by atoms with Crippen LogP contribution in [0.4, 0.5) is 5.69 Å². The average molecular weight is 470 g/mol. The molecule has 2 aromatic carbocycles. The van der Waals surface area contributed by atoms with Crippen molar-refractivity contribution in [2.75, 3.05) is 30.8 Å². The van der Waals surface area contributed by atoms with E-state index < -0.39 is 28.4 Å². The summed E-state index contributed by atoms with van der Waals surface area (Å²) >= 11 is 0. The molecule has 0 bridgehead atoms. The molecule has 33 heavy (non-hydrogen) atoms. The lowest BCUT2D eigenvalue weighted by molar-refractivity contribution is 0.0465. The molecule has 0 radical (unpaired) electrons. The maximum atomic E-state index is 12.7. The SMILES string of the molecule is COc1cn(-c2ccccc2)nc1C(=O)OCC(=O)c1ccc2c(c1)CCCN2S(C)(=O)=O. The van der Waals surface area contributed by atoms with Gasteiger partial charge in [-0.1, -0.05) is 18.2 Å². The molecule has 1 aromatic heterocycles. The molecule has 4 rings (SSSR count). The maximum Gasteiger partial charge on any atom is 0.363 e. The van der Waals surface area contributed by atoms with Crippen LogP contribution < -0.4 is 9.04 Å². The molecule has 9 nitrogen and oxygen atoms in total. The van der Waals surface area contributed by atoms with E-state index in [9.17, 15) is 18.0 Å². The van der Waals surface area contributed by atoms with Crippen LogP contribution in [-0.4, -0.2) is 56.5 Å². The van der Waals surface area contributed by atoms with Crippen LogP contribution in [0.1, 0.15) is 32.8 Å². The van der Waals surface area contributed by atoms with Gasteiger partial charge in [0.05, 0.1) is 30.9 Å². The highest BCUT2D eigenvalue weighted by Gasteiger charge is 2.25. The first-order valence-corrected chi connectivity index (χ1v) is 12.1. The van der Waals surface area contributed by atoms with E-state index in [0.29, 0.717) is 30.6 Å². The first kappa shape index (κ1) is 22.5. The van der Waals surface area contributed by atoms with Gasteiger partial charge in [-0.3, -0.25) is 9.10 Å². The Morgan fingerprint density at radius 2 is 1.88 bits per heavy atom. The van der Waals surface area contributed by atoms with Crippen LogP contribution in [0.2, 0.25) is 0 Å².